The van der Waals surface area contributed by atoms with Gasteiger partial charge < -0.3 is 10.1 Å². The Morgan fingerprint density at radius 3 is 2.79 bits per heavy atom. The second kappa shape index (κ2) is 8.26. The van der Waals surface area contributed by atoms with E-state index in [-0.39, 0.29) is 0 Å². The van der Waals surface area contributed by atoms with Gasteiger partial charge in [-0.25, -0.2) is 4.68 Å². The Labute approximate surface area is 141 Å². The van der Waals surface area contributed by atoms with E-state index in [4.69, 9.17) is 4.74 Å². The zero-order valence-corrected chi connectivity index (χ0v) is 13.8. The monoisotopic (exact) mass is 326 g/mol. The number of nitrogens with zero attached hydrogens (tertiary/aromatic N) is 5. The van der Waals surface area contributed by atoms with Crippen LogP contribution < -0.4 is 10.1 Å². The third-order valence-corrected chi connectivity index (χ3v) is 3.49. The van der Waals surface area contributed by atoms with Crippen molar-refractivity contribution in [3.8, 4) is 5.75 Å². The van der Waals surface area contributed by atoms with E-state index in [0.29, 0.717) is 19.7 Å². The summed E-state index contributed by atoms with van der Waals surface area (Å²) in [5, 5.41) is 16.1. The van der Waals surface area contributed by atoms with Crippen LogP contribution in [0.3, 0.4) is 0 Å². The van der Waals surface area contributed by atoms with Gasteiger partial charge in [-0.3, -0.25) is 4.68 Å². The molecule has 0 amide bonds. The van der Waals surface area contributed by atoms with Crippen molar-refractivity contribution in [3.05, 3.63) is 60.2 Å². The van der Waals surface area contributed by atoms with Crippen LogP contribution in [-0.4, -0.2) is 37.9 Å². The predicted octanol–water partition coefficient (Wildman–Crippen LogP) is 1.71. The van der Waals surface area contributed by atoms with E-state index in [1.165, 1.54) is 0 Å². The van der Waals surface area contributed by atoms with Crippen molar-refractivity contribution in [1.82, 2.24) is 30.1 Å². The Hall–Kier alpha value is -2.67. The van der Waals surface area contributed by atoms with Crippen molar-refractivity contribution < 1.29 is 4.74 Å². The predicted molar refractivity (Wildman–Crippen MR) is 90.7 cm³/mol. The molecule has 126 valence electrons. The summed E-state index contributed by atoms with van der Waals surface area (Å²) >= 11 is 0. The molecule has 0 atom stereocenters. The zero-order valence-electron chi connectivity index (χ0n) is 13.8. The third-order valence-electron chi connectivity index (χ3n) is 3.49. The average molecular weight is 326 g/mol. The van der Waals surface area contributed by atoms with Crippen LogP contribution in [0.1, 0.15) is 18.3 Å². The van der Waals surface area contributed by atoms with Crippen LogP contribution >= 0.6 is 0 Å². The minimum Gasteiger partial charge on any atom is -0.492 e. The lowest BCUT2D eigenvalue weighted by atomic mass is 10.3. The van der Waals surface area contributed by atoms with Crippen molar-refractivity contribution in [2.45, 2.75) is 26.6 Å². The fourth-order valence-corrected chi connectivity index (χ4v) is 2.30. The van der Waals surface area contributed by atoms with Gasteiger partial charge in [-0.1, -0.05) is 30.3 Å². The molecule has 0 bridgehead atoms. The van der Waals surface area contributed by atoms with E-state index in [1.54, 1.807) is 4.68 Å². The highest BCUT2D eigenvalue weighted by atomic mass is 16.5. The standard InChI is InChI=1S/C17H22N6O/c1-2-18-12-15-8-9-22(20-15)13-16-14-23(21-19-16)10-11-24-17-6-4-3-5-7-17/h3-9,14,18H,2,10-13H2,1H3. The van der Waals surface area contributed by atoms with Crippen LogP contribution in [0.15, 0.2) is 48.8 Å². The summed E-state index contributed by atoms with van der Waals surface area (Å²) in [4.78, 5) is 0. The maximum absolute atomic E-state index is 5.67. The number of nitrogens with one attached hydrogen (secondary N) is 1. The van der Waals surface area contributed by atoms with Gasteiger partial charge in [0, 0.05) is 12.7 Å². The summed E-state index contributed by atoms with van der Waals surface area (Å²) < 4.78 is 9.33. The molecule has 7 nitrogen and oxygen atoms in total. The maximum atomic E-state index is 5.67. The summed E-state index contributed by atoms with van der Waals surface area (Å²) in [5.41, 5.74) is 1.91. The van der Waals surface area contributed by atoms with Gasteiger partial charge in [-0.05, 0) is 24.7 Å². The molecule has 0 saturated heterocycles. The first-order chi connectivity index (χ1) is 11.8. The molecule has 0 fully saturated rings. The normalized spacial score (nSPS) is 10.9. The first-order valence-corrected chi connectivity index (χ1v) is 8.13. The molecule has 0 aliphatic carbocycles. The first-order valence-electron chi connectivity index (χ1n) is 8.13. The van der Waals surface area contributed by atoms with Gasteiger partial charge in [-0.2, -0.15) is 5.10 Å². The van der Waals surface area contributed by atoms with Crippen LogP contribution in [0.2, 0.25) is 0 Å². The highest BCUT2D eigenvalue weighted by Gasteiger charge is 2.04. The lowest BCUT2D eigenvalue weighted by Crippen LogP contribution is -2.12. The molecular weight excluding hydrogens is 304 g/mol. The van der Waals surface area contributed by atoms with Crippen LogP contribution in [0.5, 0.6) is 5.75 Å². The van der Waals surface area contributed by atoms with Crippen molar-refractivity contribution in [3.63, 3.8) is 0 Å². The van der Waals surface area contributed by atoms with Crippen LogP contribution in [0.4, 0.5) is 0 Å². The van der Waals surface area contributed by atoms with Gasteiger partial charge in [0.05, 0.1) is 25.0 Å². The molecule has 1 N–H and O–H groups in total. The van der Waals surface area contributed by atoms with E-state index in [2.05, 4.69) is 27.7 Å². The first kappa shape index (κ1) is 16.2. The summed E-state index contributed by atoms with van der Waals surface area (Å²) in [7, 11) is 0. The number of ether oxygens (including phenoxy) is 1. The molecule has 2 heterocycles. The fourth-order valence-electron chi connectivity index (χ4n) is 2.30. The number of rotatable bonds is 9. The summed E-state index contributed by atoms with van der Waals surface area (Å²) in [6.45, 7) is 5.63. The minimum absolute atomic E-state index is 0.557. The van der Waals surface area contributed by atoms with Gasteiger partial charge >= 0.3 is 0 Å². The fraction of sp³-hybridized carbons (Fsp3) is 0.353. The molecule has 3 aromatic rings. The van der Waals surface area contributed by atoms with Crippen LogP contribution in [0, 0.1) is 0 Å². The van der Waals surface area contributed by atoms with Crippen molar-refractivity contribution >= 4 is 0 Å². The van der Waals surface area contributed by atoms with Gasteiger partial charge in [0.15, 0.2) is 0 Å². The number of hydrogen-bond donors (Lipinski definition) is 1. The molecule has 1 aromatic carbocycles. The Morgan fingerprint density at radius 1 is 1.08 bits per heavy atom. The molecule has 0 radical (unpaired) electrons. The summed E-state index contributed by atoms with van der Waals surface area (Å²) in [6.07, 6.45) is 3.89. The Balaban J connectivity index is 1.47. The lowest BCUT2D eigenvalue weighted by molar-refractivity contribution is 0.289. The maximum Gasteiger partial charge on any atom is 0.119 e. The second-order valence-corrected chi connectivity index (χ2v) is 5.42. The summed E-state index contributed by atoms with van der Waals surface area (Å²) in [6, 6.07) is 11.8. The molecule has 7 heteroatoms. The highest BCUT2D eigenvalue weighted by molar-refractivity contribution is 5.20. The molecule has 0 aliphatic rings. The SMILES string of the molecule is CCNCc1ccn(Cc2cn(CCOc3ccccc3)nn2)n1. The minimum atomic E-state index is 0.557. The average Bonchev–Trinajstić information content (AvgIpc) is 3.24. The number of benzene rings is 1. The van der Waals surface area contributed by atoms with Gasteiger partial charge in [-0.15, -0.1) is 5.10 Å². The van der Waals surface area contributed by atoms with Crippen molar-refractivity contribution in [2.24, 2.45) is 0 Å². The molecule has 0 saturated carbocycles. The number of aromatic nitrogens is 5. The van der Waals surface area contributed by atoms with Crippen molar-refractivity contribution in [2.75, 3.05) is 13.2 Å². The van der Waals surface area contributed by atoms with Gasteiger partial charge in [0.25, 0.3) is 0 Å². The third kappa shape index (κ3) is 4.66. The topological polar surface area (TPSA) is 69.8 Å². The van der Waals surface area contributed by atoms with E-state index in [1.807, 2.05) is 53.5 Å². The molecule has 0 aliphatic heterocycles. The largest absolute Gasteiger partial charge is 0.492 e. The van der Waals surface area contributed by atoms with Gasteiger partial charge in [0.2, 0.25) is 0 Å². The molecule has 3 rings (SSSR count). The Bertz CT molecular complexity index is 736. The van der Waals surface area contributed by atoms with Gasteiger partial charge in [0.1, 0.15) is 18.1 Å². The quantitative estimate of drug-likeness (QED) is 0.648. The smallest absolute Gasteiger partial charge is 0.119 e. The number of para-hydroxylation sites is 1. The molecule has 0 spiro atoms. The Morgan fingerprint density at radius 2 is 1.96 bits per heavy atom. The van der Waals surface area contributed by atoms with Crippen molar-refractivity contribution in [1.29, 1.82) is 0 Å². The highest BCUT2D eigenvalue weighted by Crippen LogP contribution is 2.08. The second-order valence-electron chi connectivity index (χ2n) is 5.42. The lowest BCUT2D eigenvalue weighted by Gasteiger charge is -2.05. The Kier molecular flexibility index (Phi) is 5.57. The number of hydrogen-bond acceptors (Lipinski definition) is 5. The molecular formula is C17H22N6O. The van der Waals surface area contributed by atoms with E-state index in [9.17, 15) is 0 Å². The van der Waals surface area contributed by atoms with E-state index < -0.39 is 0 Å². The van der Waals surface area contributed by atoms with Crippen LogP contribution in [-0.2, 0) is 19.6 Å². The van der Waals surface area contributed by atoms with E-state index in [0.717, 1.165) is 30.2 Å². The molecule has 2 aromatic heterocycles. The molecule has 24 heavy (non-hydrogen) atoms. The van der Waals surface area contributed by atoms with Crippen LogP contribution in [0.25, 0.3) is 0 Å². The van der Waals surface area contributed by atoms with E-state index >= 15 is 0 Å². The zero-order chi connectivity index (χ0) is 16.6. The molecule has 0 unspecified atom stereocenters. The summed E-state index contributed by atoms with van der Waals surface area (Å²) in [5.74, 6) is 0.864.